The Morgan fingerprint density at radius 1 is 1.62 bits per heavy atom. The molecule has 0 bridgehead atoms. The van der Waals surface area contributed by atoms with Gasteiger partial charge in [0.15, 0.2) is 0 Å². The first-order chi connectivity index (χ1) is 9.90. The van der Waals surface area contributed by atoms with Gasteiger partial charge in [-0.05, 0) is 33.1 Å². The van der Waals surface area contributed by atoms with E-state index >= 15 is 0 Å². The molecule has 0 saturated carbocycles. The van der Waals surface area contributed by atoms with Crippen LogP contribution < -0.4 is 5.32 Å². The standard InChI is InChI=1S/C14H21N3O4/c1-4-14(12(18)19)6-5-7-17(14)13(20)16-10(3)11-15-8-9(2)21-11/h8,10H,4-7H2,1-3H3,(H,16,20)(H,18,19). The van der Waals surface area contributed by atoms with E-state index < -0.39 is 17.6 Å². The second kappa shape index (κ2) is 5.75. The Kier molecular flexibility index (Phi) is 4.20. The summed E-state index contributed by atoms with van der Waals surface area (Å²) in [5.74, 6) is 0.135. The van der Waals surface area contributed by atoms with Crippen molar-refractivity contribution < 1.29 is 19.1 Å². The fraction of sp³-hybridized carbons (Fsp3) is 0.643. The van der Waals surface area contributed by atoms with Crippen molar-refractivity contribution in [1.29, 1.82) is 0 Å². The number of aromatic nitrogens is 1. The van der Waals surface area contributed by atoms with Crippen LogP contribution in [0.1, 0.15) is 50.8 Å². The summed E-state index contributed by atoms with van der Waals surface area (Å²) in [6, 6.07) is -0.796. The molecule has 2 heterocycles. The first-order valence-electron chi connectivity index (χ1n) is 7.14. The second-order valence-corrected chi connectivity index (χ2v) is 5.43. The van der Waals surface area contributed by atoms with Gasteiger partial charge in [0.25, 0.3) is 0 Å². The summed E-state index contributed by atoms with van der Waals surface area (Å²) in [4.78, 5) is 29.5. The third-order valence-corrected chi connectivity index (χ3v) is 4.07. The summed E-state index contributed by atoms with van der Waals surface area (Å²) in [7, 11) is 0. The molecule has 116 valence electrons. The van der Waals surface area contributed by atoms with E-state index in [-0.39, 0.29) is 6.03 Å². The molecule has 0 aliphatic carbocycles. The number of oxazole rings is 1. The van der Waals surface area contributed by atoms with E-state index in [2.05, 4.69) is 10.3 Å². The van der Waals surface area contributed by atoms with E-state index in [9.17, 15) is 14.7 Å². The second-order valence-electron chi connectivity index (χ2n) is 5.43. The minimum absolute atomic E-state index is 0.389. The summed E-state index contributed by atoms with van der Waals surface area (Å²) in [6.07, 6.45) is 3.16. The van der Waals surface area contributed by atoms with Gasteiger partial charge in [0.2, 0.25) is 5.89 Å². The van der Waals surface area contributed by atoms with Crippen LogP contribution in [0, 0.1) is 6.92 Å². The van der Waals surface area contributed by atoms with Crippen molar-refractivity contribution in [2.45, 2.75) is 51.6 Å². The van der Waals surface area contributed by atoms with Gasteiger partial charge < -0.3 is 19.7 Å². The highest BCUT2D eigenvalue weighted by atomic mass is 16.4. The Morgan fingerprint density at radius 2 is 2.33 bits per heavy atom. The van der Waals surface area contributed by atoms with E-state index in [1.165, 1.54) is 4.90 Å². The van der Waals surface area contributed by atoms with Crippen LogP contribution in [0.5, 0.6) is 0 Å². The van der Waals surface area contributed by atoms with Crippen LogP contribution in [0.2, 0.25) is 0 Å². The van der Waals surface area contributed by atoms with Crippen LogP contribution in [0.15, 0.2) is 10.6 Å². The first kappa shape index (κ1) is 15.3. The summed E-state index contributed by atoms with van der Waals surface area (Å²) < 4.78 is 5.37. The fourth-order valence-corrected chi connectivity index (χ4v) is 2.81. The molecule has 1 aromatic heterocycles. The van der Waals surface area contributed by atoms with Gasteiger partial charge in [-0.25, -0.2) is 14.6 Å². The fourth-order valence-electron chi connectivity index (χ4n) is 2.81. The number of aliphatic carboxylic acids is 1. The minimum atomic E-state index is -1.10. The number of urea groups is 1. The van der Waals surface area contributed by atoms with Crippen molar-refractivity contribution in [2.75, 3.05) is 6.54 Å². The lowest BCUT2D eigenvalue weighted by molar-refractivity contribution is -0.148. The quantitative estimate of drug-likeness (QED) is 0.886. The molecule has 0 radical (unpaired) electrons. The van der Waals surface area contributed by atoms with Crippen molar-refractivity contribution in [3.63, 3.8) is 0 Å². The summed E-state index contributed by atoms with van der Waals surface area (Å²) in [5, 5.41) is 12.2. The monoisotopic (exact) mass is 295 g/mol. The van der Waals surface area contributed by atoms with Gasteiger partial charge in [-0.15, -0.1) is 0 Å². The average Bonchev–Trinajstić information content (AvgIpc) is 3.04. The predicted molar refractivity (Wildman–Crippen MR) is 74.8 cm³/mol. The van der Waals surface area contributed by atoms with E-state index in [0.29, 0.717) is 37.5 Å². The van der Waals surface area contributed by atoms with Gasteiger partial charge >= 0.3 is 12.0 Å². The number of carbonyl (C=O) groups excluding carboxylic acids is 1. The van der Waals surface area contributed by atoms with Crippen molar-refractivity contribution in [1.82, 2.24) is 15.2 Å². The van der Waals surface area contributed by atoms with Crippen molar-refractivity contribution >= 4 is 12.0 Å². The number of nitrogens with zero attached hydrogens (tertiary/aromatic N) is 2. The molecule has 1 aliphatic rings. The van der Waals surface area contributed by atoms with Crippen LogP contribution in [-0.2, 0) is 4.79 Å². The van der Waals surface area contributed by atoms with E-state index in [1.54, 1.807) is 27.0 Å². The number of amides is 2. The average molecular weight is 295 g/mol. The number of hydrogen-bond donors (Lipinski definition) is 2. The van der Waals surface area contributed by atoms with Gasteiger partial charge in [0.05, 0.1) is 6.20 Å². The van der Waals surface area contributed by atoms with Gasteiger partial charge in [0.1, 0.15) is 17.3 Å². The van der Waals surface area contributed by atoms with Crippen LogP contribution in [0.3, 0.4) is 0 Å². The molecule has 21 heavy (non-hydrogen) atoms. The highest BCUT2D eigenvalue weighted by Gasteiger charge is 2.48. The lowest BCUT2D eigenvalue weighted by atomic mass is 9.93. The van der Waals surface area contributed by atoms with Crippen LogP contribution in [-0.4, -0.2) is 39.1 Å². The van der Waals surface area contributed by atoms with Gasteiger partial charge in [-0.1, -0.05) is 6.92 Å². The van der Waals surface area contributed by atoms with E-state index in [0.717, 1.165) is 0 Å². The third kappa shape index (κ3) is 2.72. The Labute approximate surface area is 123 Å². The third-order valence-electron chi connectivity index (χ3n) is 4.07. The molecule has 7 nitrogen and oxygen atoms in total. The van der Waals surface area contributed by atoms with Crippen molar-refractivity contribution in [3.8, 4) is 0 Å². The van der Waals surface area contributed by atoms with Gasteiger partial charge in [-0.3, -0.25) is 0 Å². The highest BCUT2D eigenvalue weighted by molar-refractivity contribution is 5.87. The lowest BCUT2D eigenvalue weighted by Crippen LogP contribution is -2.55. The van der Waals surface area contributed by atoms with Crippen molar-refractivity contribution in [3.05, 3.63) is 17.8 Å². The zero-order chi connectivity index (χ0) is 15.6. The SMILES string of the molecule is CCC1(C(=O)O)CCCN1C(=O)NC(C)c1ncc(C)o1. The number of carbonyl (C=O) groups is 2. The normalized spacial score (nSPS) is 23.1. The number of carboxylic acid groups (broad SMARTS) is 1. The number of carboxylic acids is 1. The smallest absolute Gasteiger partial charge is 0.329 e. The maximum atomic E-state index is 12.4. The predicted octanol–water partition coefficient (Wildman–Crippen LogP) is 2.08. The molecule has 2 amide bonds. The summed E-state index contributed by atoms with van der Waals surface area (Å²) in [6.45, 7) is 5.77. The van der Waals surface area contributed by atoms with E-state index in [4.69, 9.17) is 4.42 Å². The first-order valence-corrected chi connectivity index (χ1v) is 7.14. The molecule has 2 N–H and O–H groups in total. The molecule has 7 heteroatoms. The largest absolute Gasteiger partial charge is 0.479 e. The summed E-state index contributed by atoms with van der Waals surface area (Å²) in [5.41, 5.74) is -1.10. The molecule has 2 atom stereocenters. The highest BCUT2D eigenvalue weighted by Crippen LogP contribution is 2.33. The Balaban J connectivity index is 2.10. The van der Waals surface area contributed by atoms with Gasteiger partial charge in [-0.2, -0.15) is 0 Å². The summed E-state index contributed by atoms with van der Waals surface area (Å²) >= 11 is 0. The lowest BCUT2D eigenvalue weighted by Gasteiger charge is -2.34. The van der Waals surface area contributed by atoms with E-state index in [1.807, 2.05) is 0 Å². The number of rotatable bonds is 4. The zero-order valence-corrected chi connectivity index (χ0v) is 12.5. The molecule has 1 saturated heterocycles. The molecule has 0 spiro atoms. The molecule has 2 rings (SSSR count). The molecular formula is C14H21N3O4. The minimum Gasteiger partial charge on any atom is -0.479 e. The van der Waals surface area contributed by atoms with Crippen LogP contribution >= 0.6 is 0 Å². The number of hydrogen-bond acceptors (Lipinski definition) is 4. The molecular weight excluding hydrogens is 274 g/mol. The number of likely N-dealkylation sites (tertiary alicyclic amines) is 1. The molecule has 2 unspecified atom stereocenters. The Bertz CT molecular complexity index is 542. The molecule has 1 fully saturated rings. The molecule has 1 aliphatic heterocycles. The van der Waals surface area contributed by atoms with Crippen molar-refractivity contribution in [2.24, 2.45) is 0 Å². The van der Waals surface area contributed by atoms with Gasteiger partial charge in [0, 0.05) is 6.54 Å². The van der Waals surface area contributed by atoms with Crippen LogP contribution in [0.4, 0.5) is 4.79 Å². The Morgan fingerprint density at radius 3 is 2.86 bits per heavy atom. The molecule has 0 aromatic carbocycles. The number of nitrogens with one attached hydrogen (secondary N) is 1. The molecule has 1 aromatic rings. The maximum Gasteiger partial charge on any atom is 0.329 e. The maximum absolute atomic E-state index is 12.4. The Hall–Kier alpha value is -2.05. The number of aryl methyl sites for hydroxylation is 1. The topological polar surface area (TPSA) is 95.7 Å². The van der Waals surface area contributed by atoms with Crippen LogP contribution in [0.25, 0.3) is 0 Å². The zero-order valence-electron chi connectivity index (χ0n) is 12.5.